The summed E-state index contributed by atoms with van der Waals surface area (Å²) < 4.78 is 0.936. The quantitative estimate of drug-likeness (QED) is 0.758. The lowest BCUT2D eigenvalue weighted by Crippen LogP contribution is -2.12. The highest BCUT2D eigenvalue weighted by molar-refractivity contribution is 9.10. The minimum Gasteiger partial charge on any atom is -0.324 e. The molecule has 0 radical (unpaired) electrons. The third kappa shape index (κ3) is 1.85. The monoisotopic (exact) mass is 252 g/mol. The Morgan fingerprint density at radius 3 is 3.07 bits per heavy atom. The lowest BCUT2D eigenvalue weighted by atomic mass is 10.3. The van der Waals surface area contributed by atoms with E-state index in [-0.39, 0.29) is 5.91 Å². The molecule has 1 aromatic carbocycles. The molecule has 1 heterocycles. The number of halogens is 1. The van der Waals surface area contributed by atoms with Crippen molar-refractivity contribution in [2.24, 2.45) is 4.99 Å². The van der Waals surface area contributed by atoms with Crippen molar-refractivity contribution in [1.82, 2.24) is 0 Å². The predicted octanol–water partition coefficient (Wildman–Crippen LogP) is 2.88. The average molecular weight is 253 g/mol. The van der Waals surface area contributed by atoms with Gasteiger partial charge < -0.3 is 5.32 Å². The molecule has 0 saturated carbocycles. The Balaban J connectivity index is 2.53. The Kier molecular flexibility index (Phi) is 2.37. The van der Waals surface area contributed by atoms with Gasteiger partial charge >= 0.3 is 0 Å². The fraction of sp³-hybridized carbons (Fsp3) is 0.200. The van der Waals surface area contributed by atoms with Crippen molar-refractivity contribution in [3.05, 3.63) is 22.7 Å². The number of benzene rings is 1. The Morgan fingerprint density at radius 2 is 2.29 bits per heavy atom. The minimum absolute atomic E-state index is 0.0110. The normalized spacial score (nSPS) is 15.3. The zero-order valence-electron chi connectivity index (χ0n) is 7.67. The highest BCUT2D eigenvalue weighted by atomic mass is 79.9. The lowest BCUT2D eigenvalue weighted by molar-refractivity contribution is -0.115. The van der Waals surface area contributed by atoms with E-state index in [4.69, 9.17) is 0 Å². The first-order chi connectivity index (χ1) is 6.65. The first-order valence-corrected chi connectivity index (χ1v) is 5.08. The number of carbonyl (C=O) groups is 1. The number of hydrogen-bond acceptors (Lipinski definition) is 2. The summed E-state index contributed by atoms with van der Waals surface area (Å²) in [6, 6.07) is 5.65. The van der Waals surface area contributed by atoms with Crippen LogP contribution >= 0.6 is 15.9 Å². The van der Waals surface area contributed by atoms with Crippen molar-refractivity contribution >= 4 is 38.9 Å². The highest BCUT2D eigenvalue weighted by Gasteiger charge is 2.12. The van der Waals surface area contributed by atoms with Crippen molar-refractivity contribution in [1.29, 1.82) is 0 Å². The average Bonchev–Trinajstić information content (AvgIpc) is 2.21. The van der Waals surface area contributed by atoms with Crippen molar-refractivity contribution in [2.45, 2.75) is 13.3 Å². The number of nitrogens with zero attached hydrogens (tertiary/aromatic N) is 1. The van der Waals surface area contributed by atoms with Gasteiger partial charge in [-0.2, -0.15) is 0 Å². The summed E-state index contributed by atoms with van der Waals surface area (Å²) in [7, 11) is 0. The van der Waals surface area contributed by atoms with Gasteiger partial charge in [0.15, 0.2) is 0 Å². The summed E-state index contributed by atoms with van der Waals surface area (Å²) in [5.74, 6) is -0.0110. The van der Waals surface area contributed by atoms with Gasteiger partial charge in [0.05, 0.1) is 17.8 Å². The smallest absolute Gasteiger partial charge is 0.230 e. The van der Waals surface area contributed by atoms with Gasteiger partial charge in [0.25, 0.3) is 0 Å². The van der Waals surface area contributed by atoms with Crippen LogP contribution in [0, 0.1) is 0 Å². The molecule has 0 aromatic heterocycles. The number of hydrogen-bond donors (Lipinski definition) is 1. The standard InChI is InChI=1S/C10H9BrN2O/c1-6-4-10(14)13-9-5-7(11)2-3-8(9)12-6/h2-3,5H,4H2,1H3,(H,13,14). The second kappa shape index (κ2) is 3.53. The van der Waals surface area contributed by atoms with Crippen molar-refractivity contribution in [2.75, 3.05) is 5.32 Å². The zero-order chi connectivity index (χ0) is 10.1. The van der Waals surface area contributed by atoms with Crippen LogP contribution in [0.5, 0.6) is 0 Å². The van der Waals surface area contributed by atoms with E-state index >= 15 is 0 Å². The Labute approximate surface area is 90.4 Å². The van der Waals surface area contributed by atoms with E-state index in [2.05, 4.69) is 26.2 Å². The number of anilines is 1. The van der Waals surface area contributed by atoms with Crippen molar-refractivity contribution in [3.63, 3.8) is 0 Å². The summed E-state index contributed by atoms with van der Waals surface area (Å²) in [5.41, 5.74) is 2.42. The van der Waals surface area contributed by atoms with Gasteiger partial charge in [0.2, 0.25) is 5.91 Å². The molecule has 0 bridgehead atoms. The van der Waals surface area contributed by atoms with E-state index < -0.39 is 0 Å². The molecule has 1 amide bonds. The first-order valence-electron chi connectivity index (χ1n) is 4.29. The van der Waals surface area contributed by atoms with Crippen molar-refractivity contribution < 1.29 is 4.79 Å². The molecule has 0 aliphatic carbocycles. The van der Waals surface area contributed by atoms with E-state index in [1.807, 2.05) is 25.1 Å². The molecule has 2 rings (SSSR count). The van der Waals surface area contributed by atoms with Gasteiger partial charge in [-0.3, -0.25) is 9.79 Å². The maximum absolute atomic E-state index is 11.4. The molecule has 0 saturated heterocycles. The Bertz CT molecular complexity index is 426. The molecule has 0 unspecified atom stereocenters. The third-order valence-corrected chi connectivity index (χ3v) is 2.45. The van der Waals surface area contributed by atoms with Gasteiger partial charge in [-0.1, -0.05) is 15.9 Å². The van der Waals surface area contributed by atoms with Crippen LogP contribution in [0.25, 0.3) is 0 Å². The van der Waals surface area contributed by atoms with Crippen LogP contribution in [-0.2, 0) is 4.79 Å². The van der Waals surface area contributed by atoms with Crippen LogP contribution in [0.4, 0.5) is 11.4 Å². The predicted molar refractivity (Wildman–Crippen MR) is 60.2 cm³/mol. The topological polar surface area (TPSA) is 41.5 Å². The molecule has 1 aliphatic heterocycles. The number of rotatable bonds is 0. The highest BCUT2D eigenvalue weighted by Crippen LogP contribution is 2.30. The number of amides is 1. The molecule has 3 nitrogen and oxygen atoms in total. The molecule has 1 aromatic rings. The van der Waals surface area contributed by atoms with E-state index in [9.17, 15) is 4.79 Å². The van der Waals surface area contributed by atoms with Gasteiger partial charge in [0.1, 0.15) is 0 Å². The second-order valence-corrected chi connectivity index (χ2v) is 4.15. The van der Waals surface area contributed by atoms with Gasteiger partial charge in [-0.15, -0.1) is 0 Å². The lowest BCUT2D eigenvalue weighted by Gasteiger charge is -2.04. The van der Waals surface area contributed by atoms with E-state index in [0.717, 1.165) is 21.6 Å². The Morgan fingerprint density at radius 1 is 1.50 bits per heavy atom. The molecule has 1 N–H and O–H groups in total. The van der Waals surface area contributed by atoms with Crippen LogP contribution < -0.4 is 5.32 Å². The SMILES string of the molecule is CC1=Nc2ccc(Br)cc2NC(=O)C1. The van der Waals surface area contributed by atoms with Crippen LogP contribution in [0.2, 0.25) is 0 Å². The molecule has 1 aliphatic rings. The van der Waals surface area contributed by atoms with Gasteiger partial charge in [-0.05, 0) is 25.1 Å². The third-order valence-electron chi connectivity index (χ3n) is 1.96. The maximum Gasteiger partial charge on any atom is 0.230 e. The molecule has 0 fully saturated rings. The zero-order valence-corrected chi connectivity index (χ0v) is 9.26. The molecule has 4 heteroatoms. The summed E-state index contributed by atoms with van der Waals surface area (Å²) in [4.78, 5) is 15.7. The van der Waals surface area contributed by atoms with E-state index in [0.29, 0.717) is 6.42 Å². The Hall–Kier alpha value is -1.16. The second-order valence-electron chi connectivity index (χ2n) is 3.23. The maximum atomic E-state index is 11.4. The minimum atomic E-state index is -0.0110. The number of nitrogens with one attached hydrogen (secondary N) is 1. The summed E-state index contributed by atoms with van der Waals surface area (Å²) >= 11 is 3.35. The number of carbonyl (C=O) groups excluding carboxylic acids is 1. The fourth-order valence-electron chi connectivity index (χ4n) is 1.38. The van der Waals surface area contributed by atoms with Gasteiger partial charge in [0, 0.05) is 10.2 Å². The first kappa shape index (κ1) is 9.40. The number of fused-ring (bicyclic) bond motifs is 1. The molecular weight excluding hydrogens is 244 g/mol. The molecule has 14 heavy (non-hydrogen) atoms. The van der Waals surface area contributed by atoms with Crippen LogP contribution in [0.15, 0.2) is 27.7 Å². The molecular formula is C10H9BrN2O. The molecule has 0 spiro atoms. The van der Waals surface area contributed by atoms with Gasteiger partial charge in [-0.25, -0.2) is 0 Å². The largest absolute Gasteiger partial charge is 0.324 e. The summed E-state index contributed by atoms with van der Waals surface area (Å²) in [6.07, 6.45) is 0.367. The van der Waals surface area contributed by atoms with E-state index in [1.165, 1.54) is 0 Å². The fourth-order valence-corrected chi connectivity index (χ4v) is 1.74. The molecule has 72 valence electrons. The van der Waals surface area contributed by atoms with Crippen LogP contribution in [-0.4, -0.2) is 11.6 Å². The molecule has 0 atom stereocenters. The van der Waals surface area contributed by atoms with E-state index in [1.54, 1.807) is 0 Å². The van der Waals surface area contributed by atoms with Crippen molar-refractivity contribution in [3.8, 4) is 0 Å². The summed E-state index contributed by atoms with van der Waals surface area (Å²) in [6.45, 7) is 1.86. The van der Waals surface area contributed by atoms with Crippen LogP contribution in [0.3, 0.4) is 0 Å². The van der Waals surface area contributed by atoms with Crippen LogP contribution in [0.1, 0.15) is 13.3 Å². The number of aliphatic imine (C=N–C) groups is 1. The summed E-state index contributed by atoms with van der Waals surface area (Å²) in [5, 5.41) is 2.81.